The summed E-state index contributed by atoms with van der Waals surface area (Å²) in [5, 5.41) is 0. The molecule has 0 unspecified atom stereocenters. The van der Waals surface area contributed by atoms with E-state index >= 15 is 0 Å². The molecule has 0 fully saturated rings. The van der Waals surface area contributed by atoms with Crippen molar-refractivity contribution in [2.45, 2.75) is 9.79 Å². The monoisotopic (exact) mass is 518 g/mol. The van der Waals surface area contributed by atoms with E-state index in [1.165, 1.54) is 24.3 Å². The van der Waals surface area contributed by atoms with Crippen LogP contribution >= 0.6 is 0 Å². The van der Waals surface area contributed by atoms with Gasteiger partial charge in [0.25, 0.3) is 20.2 Å². The van der Waals surface area contributed by atoms with Crippen molar-refractivity contribution in [2.75, 3.05) is 0 Å². The summed E-state index contributed by atoms with van der Waals surface area (Å²) in [5.74, 6) is 0. The van der Waals surface area contributed by atoms with Crippen LogP contribution < -0.4 is 0 Å². The van der Waals surface area contributed by atoms with Gasteiger partial charge in [0.15, 0.2) is 0 Å². The Labute approximate surface area is 210 Å². The molecule has 4 aromatic rings. The lowest BCUT2D eigenvalue weighted by molar-refractivity contribution is 0.481. The molecule has 0 radical (unpaired) electrons. The van der Waals surface area contributed by atoms with Gasteiger partial charge in [-0.15, -0.1) is 0 Å². The first-order chi connectivity index (χ1) is 17.1. The van der Waals surface area contributed by atoms with Gasteiger partial charge in [-0.2, -0.15) is 16.8 Å². The van der Waals surface area contributed by atoms with Crippen LogP contribution in [0.15, 0.2) is 107 Å². The summed E-state index contributed by atoms with van der Waals surface area (Å²) >= 11 is 0. The van der Waals surface area contributed by atoms with E-state index < -0.39 is 20.2 Å². The second kappa shape index (κ2) is 10.4. The minimum absolute atomic E-state index is 0.148. The average Bonchev–Trinajstić information content (AvgIpc) is 2.86. The van der Waals surface area contributed by atoms with Gasteiger partial charge in [-0.05, 0) is 57.6 Å². The highest BCUT2D eigenvalue weighted by Gasteiger charge is 2.09. The maximum Gasteiger partial charge on any atom is 0.294 e. The first-order valence-electron chi connectivity index (χ1n) is 10.8. The summed E-state index contributed by atoms with van der Waals surface area (Å²) in [5.41, 5.74) is 5.23. The van der Waals surface area contributed by atoms with Crippen molar-refractivity contribution < 1.29 is 25.9 Å². The van der Waals surface area contributed by atoms with Crippen LogP contribution in [-0.4, -0.2) is 25.9 Å². The predicted molar refractivity (Wildman–Crippen MR) is 142 cm³/mol. The van der Waals surface area contributed by atoms with Crippen molar-refractivity contribution in [2.24, 2.45) is 0 Å². The molecule has 0 spiro atoms. The van der Waals surface area contributed by atoms with Crippen molar-refractivity contribution in [1.29, 1.82) is 0 Å². The van der Waals surface area contributed by atoms with Crippen molar-refractivity contribution in [1.82, 2.24) is 0 Å². The van der Waals surface area contributed by atoms with Gasteiger partial charge in [-0.1, -0.05) is 97.1 Å². The van der Waals surface area contributed by atoms with Crippen LogP contribution in [0.3, 0.4) is 0 Å². The van der Waals surface area contributed by atoms with Crippen LogP contribution in [0, 0.1) is 0 Å². The van der Waals surface area contributed by atoms with Crippen LogP contribution in [0.5, 0.6) is 0 Å². The Morgan fingerprint density at radius 2 is 0.778 bits per heavy atom. The first-order valence-corrected chi connectivity index (χ1v) is 13.7. The van der Waals surface area contributed by atoms with Crippen LogP contribution in [0.1, 0.15) is 22.3 Å². The molecule has 182 valence electrons. The predicted octanol–water partition coefficient (Wildman–Crippen LogP) is 6.19. The molecular formula is C28H22O6S2. The zero-order valence-corrected chi connectivity index (χ0v) is 20.5. The standard InChI is InChI=1S/C28H22O6S2/c29-35(30,31)27-5-1-3-23(19-27)9-7-21-11-15-25(16-12-21)26-17-13-22(14-18-26)8-10-24-4-2-6-28(20-24)36(32,33)34/h1-20H,(H,29,30,31)(H,32,33,34). The summed E-state index contributed by atoms with van der Waals surface area (Å²) in [6, 6.07) is 27.9. The molecule has 0 atom stereocenters. The smallest absolute Gasteiger partial charge is 0.282 e. The van der Waals surface area contributed by atoms with Crippen LogP contribution in [-0.2, 0) is 20.2 Å². The summed E-state index contributed by atoms with van der Waals surface area (Å²) in [6.07, 6.45) is 7.27. The van der Waals surface area contributed by atoms with Crippen LogP contribution in [0.4, 0.5) is 0 Å². The topological polar surface area (TPSA) is 109 Å². The van der Waals surface area contributed by atoms with Gasteiger partial charge in [-0.3, -0.25) is 9.11 Å². The van der Waals surface area contributed by atoms with E-state index in [9.17, 15) is 25.9 Å². The lowest BCUT2D eigenvalue weighted by Crippen LogP contribution is -1.97. The fourth-order valence-electron chi connectivity index (χ4n) is 3.52. The highest BCUT2D eigenvalue weighted by Crippen LogP contribution is 2.22. The summed E-state index contributed by atoms with van der Waals surface area (Å²) in [7, 11) is -8.48. The molecule has 8 heteroatoms. The highest BCUT2D eigenvalue weighted by molar-refractivity contribution is 7.86. The third-order valence-corrected chi connectivity index (χ3v) is 7.10. The molecule has 4 aromatic carbocycles. The Kier molecular flexibility index (Phi) is 7.32. The van der Waals surface area contributed by atoms with Gasteiger partial charge >= 0.3 is 0 Å². The largest absolute Gasteiger partial charge is 0.294 e. The van der Waals surface area contributed by atoms with Gasteiger partial charge in [0.2, 0.25) is 0 Å². The highest BCUT2D eigenvalue weighted by atomic mass is 32.2. The van der Waals surface area contributed by atoms with E-state index in [0.29, 0.717) is 11.1 Å². The minimum Gasteiger partial charge on any atom is -0.282 e. The zero-order valence-electron chi connectivity index (χ0n) is 18.9. The fourth-order valence-corrected chi connectivity index (χ4v) is 4.59. The van der Waals surface area contributed by atoms with E-state index in [4.69, 9.17) is 0 Å². The summed E-state index contributed by atoms with van der Waals surface area (Å²) in [4.78, 5) is -0.296. The molecular weight excluding hydrogens is 496 g/mol. The van der Waals surface area contributed by atoms with Crippen molar-refractivity contribution in [3.63, 3.8) is 0 Å². The van der Waals surface area contributed by atoms with Crippen molar-refractivity contribution >= 4 is 44.5 Å². The third-order valence-electron chi connectivity index (χ3n) is 5.40. The van der Waals surface area contributed by atoms with Gasteiger partial charge < -0.3 is 0 Å². The SMILES string of the molecule is O=S(=O)(O)c1cccc(C=Cc2ccc(-c3ccc(C=Cc4cccc(S(=O)(=O)O)c4)cc3)cc2)c1. The molecule has 36 heavy (non-hydrogen) atoms. The Bertz CT molecular complexity index is 1520. The van der Waals surface area contributed by atoms with Crippen molar-refractivity contribution in [3.8, 4) is 11.1 Å². The van der Waals surface area contributed by atoms with E-state index in [-0.39, 0.29) is 9.79 Å². The van der Waals surface area contributed by atoms with Crippen molar-refractivity contribution in [3.05, 3.63) is 119 Å². The minimum atomic E-state index is -4.24. The molecule has 0 aliphatic rings. The fraction of sp³-hybridized carbons (Fsp3) is 0. The Morgan fingerprint density at radius 3 is 1.11 bits per heavy atom. The zero-order chi connectivity index (χ0) is 25.8. The number of rotatable bonds is 7. The van der Waals surface area contributed by atoms with Gasteiger partial charge in [0, 0.05) is 0 Å². The second-order valence-corrected chi connectivity index (χ2v) is 10.8. The molecule has 6 nitrogen and oxygen atoms in total. The summed E-state index contributed by atoms with van der Waals surface area (Å²) in [6.45, 7) is 0. The normalized spacial score (nSPS) is 12.4. The lowest BCUT2D eigenvalue weighted by Gasteiger charge is -2.04. The third kappa shape index (κ3) is 6.65. The number of hydrogen-bond donors (Lipinski definition) is 2. The molecule has 0 aromatic heterocycles. The van der Waals surface area contributed by atoms with Crippen LogP contribution in [0.2, 0.25) is 0 Å². The van der Waals surface area contributed by atoms with E-state index in [0.717, 1.165) is 22.3 Å². The molecule has 0 bridgehead atoms. The molecule has 0 saturated heterocycles. The number of benzene rings is 4. The molecule has 0 aliphatic heterocycles. The van der Waals surface area contributed by atoms with Gasteiger partial charge in [0.1, 0.15) is 0 Å². The van der Waals surface area contributed by atoms with E-state index in [1.807, 2.05) is 60.7 Å². The van der Waals surface area contributed by atoms with E-state index in [1.54, 1.807) is 36.4 Å². The number of hydrogen-bond acceptors (Lipinski definition) is 4. The summed E-state index contributed by atoms with van der Waals surface area (Å²) < 4.78 is 63.6. The lowest BCUT2D eigenvalue weighted by atomic mass is 10.0. The van der Waals surface area contributed by atoms with Gasteiger partial charge in [0.05, 0.1) is 9.79 Å². The molecule has 0 aliphatic carbocycles. The van der Waals surface area contributed by atoms with Crippen LogP contribution in [0.25, 0.3) is 35.4 Å². The molecule has 0 saturated carbocycles. The Balaban J connectivity index is 1.44. The maximum atomic E-state index is 11.3. The average molecular weight is 519 g/mol. The van der Waals surface area contributed by atoms with Gasteiger partial charge in [-0.25, -0.2) is 0 Å². The molecule has 0 heterocycles. The first kappa shape index (κ1) is 25.3. The quantitative estimate of drug-likeness (QED) is 0.223. The maximum absolute atomic E-state index is 11.3. The van der Waals surface area contributed by atoms with E-state index in [2.05, 4.69) is 0 Å². The Morgan fingerprint density at radius 1 is 0.444 bits per heavy atom. The Hall–Kier alpha value is -3.82. The molecule has 0 amide bonds. The molecule has 4 rings (SSSR count). The molecule has 2 N–H and O–H groups in total. The second-order valence-electron chi connectivity index (χ2n) is 8.01.